The molecule has 9 heteroatoms. The normalized spacial score (nSPS) is 16.7. The van der Waals surface area contributed by atoms with Crippen molar-refractivity contribution in [2.24, 2.45) is 0 Å². The lowest BCUT2D eigenvalue weighted by Crippen LogP contribution is -2.31. The lowest BCUT2D eigenvalue weighted by atomic mass is 9.98. The zero-order valence-corrected chi connectivity index (χ0v) is 32.2. The number of phenolic OH excluding ortho intramolecular Hbond substituents is 1. The third-order valence-electron chi connectivity index (χ3n) is 10.4. The highest BCUT2D eigenvalue weighted by Gasteiger charge is 2.25. The molecule has 0 radical (unpaired) electrons. The van der Waals surface area contributed by atoms with Gasteiger partial charge in [-0.1, -0.05) is 23.3 Å². The van der Waals surface area contributed by atoms with Crippen molar-refractivity contribution in [1.29, 1.82) is 0 Å². The first-order valence-electron chi connectivity index (χ1n) is 19.1. The molecule has 0 amide bonds. The number of rotatable bonds is 18. The van der Waals surface area contributed by atoms with Crippen molar-refractivity contribution in [1.82, 2.24) is 14.7 Å². The summed E-state index contributed by atoms with van der Waals surface area (Å²) < 4.78 is 25.2. The van der Waals surface area contributed by atoms with Crippen molar-refractivity contribution in [2.75, 3.05) is 73.7 Å². The number of nitrogens with zero attached hydrogens (tertiary/aromatic N) is 3. The minimum Gasteiger partial charge on any atom is -0.507 e. The molecule has 2 aliphatic heterocycles. The van der Waals surface area contributed by atoms with E-state index in [0.717, 1.165) is 63.0 Å². The van der Waals surface area contributed by atoms with E-state index in [1.54, 1.807) is 19.2 Å². The molecule has 1 aromatic heterocycles. The quantitative estimate of drug-likeness (QED) is 0.0813. The summed E-state index contributed by atoms with van der Waals surface area (Å²) in [5.41, 5.74) is 3.93. The van der Waals surface area contributed by atoms with E-state index in [4.69, 9.17) is 18.6 Å². The van der Waals surface area contributed by atoms with Gasteiger partial charge in [0, 0.05) is 35.8 Å². The molecule has 3 heterocycles. The zero-order valence-electron chi connectivity index (χ0n) is 32.2. The summed E-state index contributed by atoms with van der Waals surface area (Å²) >= 11 is 0. The van der Waals surface area contributed by atoms with Gasteiger partial charge in [0.1, 0.15) is 28.1 Å². The molecule has 2 aromatic carbocycles. The molecule has 0 spiro atoms. The number of likely N-dealkylation sites (tertiary alicyclic amines) is 2. The van der Waals surface area contributed by atoms with E-state index < -0.39 is 0 Å². The fraction of sp³-hybridized carbons (Fsp3) is 0.595. The molecule has 1 N–H and O–H groups in total. The maximum Gasteiger partial charge on any atom is 0.204 e. The van der Waals surface area contributed by atoms with E-state index in [0.29, 0.717) is 77.0 Å². The van der Waals surface area contributed by atoms with Gasteiger partial charge in [-0.05, 0) is 132 Å². The third kappa shape index (κ3) is 9.87. The van der Waals surface area contributed by atoms with E-state index >= 15 is 0 Å². The molecule has 3 aromatic rings. The highest BCUT2D eigenvalue weighted by molar-refractivity contribution is 5.98. The Morgan fingerprint density at radius 2 is 1.43 bits per heavy atom. The summed E-state index contributed by atoms with van der Waals surface area (Å²) in [6, 6.07) is 4.19. The molecule has 0 unspecified atom stereocenters. The predicted octanol–water partition coefficient (Wildman–Crippen LogP) is 7.73. The highest BCUT2D eigenvalue weighted by Crippen LogP contribution is 2.42. The first-order valence-corrected chi connectivity index (χ1v) is 19.1. The van der Waals surface area contributed by atoms with Crippen LogP contribution in [0.15, 0.2) is 44.6 Å². The standard InChI is InChI=1S/C42H61N3O6/c1-29(2)14-16-32-34(49-24-12-10-21-44-19-8-9-20-44)26-36-39(40(32)46)41(47)38-33(17-15-30(3)4)42(48-7)37(27-35(38)51-36)50-25-13-11-22-45-23-18-31(28-45)43(5)6/h14-15,26-27,31,46H,8-13,16-25,28H2,1-7H3/t31-/m1/s1. The number of allylic oxidation sites excluding steroid dienone is 4. The first-order chi connectivity index (χ1) is 24.6. The monoisotopic (exact) mass is 703 g/mol. The summed E-state index contributed by atoms with van der Waals surface area (Å²) in [5.74, 6) is 1.54. The second-order valence-corrected chi connectivity index (χ2v) is 15.1. The number of methoxy groups -OCH3 is 1. The largest absolute Gasteiger partial charge is 0.507 e. The summed E-state index contributed by atoms with van der Waals surface area (Å²) in [6.45, 7) is 15.9. The number of fused-ring (bicyclic) bond motifs is 2. The highest BCUT2D eigenvalue weighted by atomic mass is 16.5. The molecular weight excluding hydrogens is 642 g/mol. The van der Waals surface area contributed by atoms with E-state index in [1.807, 2.05) is 33.8 Å². The lowest BCUT2D eigenvalue weighted by molar-refractivity contribution is 0.250. The molecule has 51 heavy (non-hydrogen) atoms. The second-order valence-electron chi connectivity index (χ2n) is 15.1. The average molecular weight is 704 g/mol. The van der Waals surface area contributed by atoms with Crippen LogP contribution in [0.3, 0.4) is 0 Å². The van der Waals surface area contributed by atoms with E-state index in [1.165, 1.54) is 32.4 Å². The van der Waals surface area contributed by atoms with Crippen LogP contribution in [-0.4, -0.2) is 99.5 Å². The average Bonchev–Trinajstić information content (AvgIpc) is 3.79. The maximum absolute atomic E-state index is 14.5. The van der Waals surface area contributed by atoms with Gasteiger partial charge in [-0.3, -0.25) is 4.79 Å². The zero-order chi connectivity index (χ0) is 36.5. The van der Waals surface area contributed by atoms with E-state index in [-0.39, 0.29) is 16.6 Å². The van der Waals surface area contributed by atoms with Crippen molar-refractivity contribution in [3.63, 3.8) is 0 Å². The Labute approximate surface area is 304 Å². The molecule has 2 aliphatic rings. The van der Waals surface area contributed by atoms with Gasteiger partial charge in [-0.2, -0.15) is 0 Å². The minimum atomic E-state index is -0.289. The molecule has 0 saturated carbocycles. The van der Waals surface area contributed by atoms with Crippen molar-refractivity contribution in [2.45, 2.75) is 91.5 Å². The summed E-state index contributed by atoms with van der Waals surface area (Å²) in [6.07, 6.45) is 12.7. The Balaban J connectivity index is 1.45. The number of hydrogen-bond acceptors (Lipinski definition) is 9. The van der Waals surface area contributed by atoms with Crippen molar-refractivity contribution in [3.8, 4) is 23.0 Å². The Kier molecular flexibility index (Phi) is 13.9. The summed E-state index contributed by atoms with van der Waals surface area (Å²) in [7, 11) is 5.93. The van der Waals surface area contributed by atoms with Crippen LogP contribution < -0.4 is 19.6 Å². The fourth-order valence-corrected chi connectivity index (χ4v) is 7.35. The molecule has 5 rings (SSSR count). The Morgan fingerprint density at radius 1 is 0.843 bits per heavy atom. The van der Waals surface area contributed by atoms with Crippen LogP contribution in [0.2, 0.25) is 0 Å². The summed E-state index contributed by atoms with van der Waals surface area (Å²) in [5, 5.41) is 12.3. The second kappa shape index (κ2) is 18.3. The molecule has 0 bridgehead atoms. The van der Waals surface area contributed by atoms with Gasteiger partial charge in [0.15, 0.2) is 11.5 Å². The predicted molar refractivity (Wildman–Crippen MR) is 208 cm³/mol. The van der Waals surface area contributed by atoms with E-state index in [9.17, 15) is 9.90 Å². The molecule has 2 saturated heterocycles. The maximum atomic E-state index is 14.5. The van der Waals surface area contributed by atoms with Crippen LogP contribution in [0.25, 0.3) is 21.9 Å². The Bertz CT molecular complexity index is 1750. The van der Waals surface area contributed by atoms with Gasteiger partial charge >= 0.3 is 0 Å². The molecule has 2 fully saturated rings. The topological polar surface area (TPSA) is 87.8 Å². The number of likely N-dealkylation sites (N-methyl/N-ethyl adjacent to an activating group) is 1. The van der Waals surface area contributed by atoms with Crippen LogP contribution in [0.4, 0.5) is 0 Å². The number of benzene rings is 2. The van der Waals surface area contributed by atoms with Gasteiger partial charge in [0.25, 0.3) is 0 Å². The van der Waals surface area contributed by atoms with Gasteiger partial charge in [0.05, 0.1) is 25.7 Å². The van der Waals surface area contributed by atoms with Crippen molar-refractivity contribution < 1.29 is 23.7 Å². The summed E-state index contributed by atoms with van der Waals surface area (Å²) in [4.78, 5) is 21.8. The fourth-order valence-electron chi connectivity index (χ4n) is 7.35. The molecule has 280 valence electrons. The van der Waals surface area contributed by atoms with Crippen molar-refractivity contribution in [3.05, 3.63) is 56.8 Å². The Hall–Kier alpha value is -3.53. The van der Waals surface area contributed by atoms with Crippen LogP contribution in [0.5, 0.6) is 23.0 Å². The SMILES string of the molecule is COc1c(OCCCCN2CC[C@@H](N(C)C)C2)cc2oc3cc(OCCCCN4CCCC4)c(CC=C(C)C)c(O)c3c(=O)c2c1CC=C(C)C. The first kappa shape index (κ1) is 38.7. The smallest absolute Gasteiger partial charge is 0.204 e. The van der Waals surface area contributed by atoms with Crippen LogP contribution in [-0.2, 0) is 12.8 Å². The number of ether oxygens (including phenoxy) is 3. The molecular formula is C42H61N3O6. The minimum absolute atomic E-state index is 0.0879. The van der Waals surface area contributed by atoms with Crippen LogP contribution in [0.1, 0.15) is 83.8 Å². The lowest BCUT2D eigenvalue weighted by Gasteiger charge is -2.20. The number of unbranched alkanes of at least 4 members (excludes halogenated alkanes) is 2. The third-order valence-corrected chi connectivity index (χ3v) is 10.4. The number of hydrogen-bond donors (Lipinski definition) is 1. The van der Waals surface area contributed by atoms with Gasteiger partial charge in [-0.25, -0.2) is 0 Å². The number of aromatic hydroxyl groups is 1. The molecule has 9 nitrogen and oxygen atoms in total. The molecule has 1 atom stereocenters. The molecule has 0 aliphatic carbocycles. The van der Waals surface area contributed by atoms with Crippen molar-refractivity contribution >= 4 is 21.9 Å². The number of phenols is 1. The Morgan fingerprint density at radius 3 is 2.04 bits per heavy atom. The van der Waals surface area contributed by atoms with Crippen LogP contribution in [0, 0.1) is 0 Å². The van der Waals surface area contributed by atoms with Gasteiger partial charge < -0.3 is 38.4 Å². The van der Waals surface area contributed by atoms with Gasteiger partial charge in [-0.15, -0.1) is 0 Å². The van der Waals surface area contributed by atoms with E-state index in [2.05, 4.69) is 34.9 Å². The van der Waals surface area contributed by atoms with Crippen LogP contribution >= 0.6 is 0 Å². The van der Waals surface area contributed by atoms with Gasteiger partial charge in [0.2, 0.25) is 5.43 Å².